The van der Waals surface area contributed by atoms with Gasteiger partial charge in [-0.25, -0.2) is 12.8 Å². The third-order valence-corrected chi connectivity index (χ3v) is 8.83. The molecule has 4 rings (SSSR count). The van der Waals surface area contributed by atoms with Gasteiger partial charge in [-0.1, -0.05) is 41.4 Å². The Labute approximate surface area is 233 Å². The number of nitrogens with one attached hydrogen (secondary N) is 1. The van der Waals surface area contributed by atoms with Crippen molar-refractivity contribution in [3.8, 4) is 0 Å². The first-order valence-electron chi connectivity index (χ1n) is 11.3. The summed E-state index contributed by atoms with van der Waals surface area (Å²) in [5.41, 5.74) is -2.37. The second-order valence-electron chi connectivity index (χ2n) is 8.79. The van der Waals surface area contributed by atoms with Gasteiger partial charge in [-0.15, -0.1) is 0 Å². The van der Waals surface area contributed by atoms with Crippen molar-refractivity contribution in [2.45, 2.75) is 36.6 Å². The van der Waals surface area contributed by atoms with Crippen molar-refractivity contribution < 1.29 is 43.9 Å². The summed E-state index contributed by atoms with van der Waals surface area (Å²) in [5.74, 6) is -2.46. The van der Waals surface area contributed by atoms with Gasteiger partial charge in [0.15, 0.2) is 0 Å². The van der Waals surface area contributed by atoms with E-state index in [1.807, 2.05) is 0 Å². The van der Waals surface area contributed by atoms with Crippen LogP contribution < -0.4 is 5.32 Å². The molecule has 1 N–H and O–H groups in total. The van der Waals surface area contributed by atoms with Gasteiger partial charge in [0.1, 0.15) is 10.7 Å². The second-order valence-corrected chi connectivity index (χ2v) is 11.5. The van der Waals surface area contributed by atoms with Gasteiger partial charge in [0.2, 0.25) is 15.9 Å². The Balaban J connectivity index is 1.59. The number of rotatable bonds is 5. The molecule has 0 saturated carbocycles. The number of benzene rings is 3. The van der Waals surface area contributed by atoms with E-state index in [1.54, 1.807) is 0 Å². The smallest absolute Gasteiger partial charge is 0.324 e. The van der Waals surface area contributed by atoms with Crippen LogP contribution in [0.4, 0.5) is 36.4 Å². The molecule has 40 heavy (non-hydrogen) atoms. The zero-order valence-corrected chi connectivity index (χ0v) is 22.3. The summed E-state index contributed by atoms with van der Waals surface area (Å²) < 4.78 is 120. The highest BCUT2D eigenvalue weighted by molar-refractivity contribution is 7.89. The number of carbonyl (C=O) groups is 1. The molecule has 0 bridgehead atoms. The maximum Gasteiger partial charge on any atom is 0.419 e. The number of hydrogen-bond acceptors (Lipinski definition) is 3. The first-order valence-corrected chi connectivity index (χ1v) is 13.5. The first kappa shape index (κ1) is 30.1. The Bertz CT molecular complexity index is 1590. The maximum absolute atomic E-state index is 14.4. The molecule has 0 aliphatic carbocycles. The van der Waals surface area contributed by atoms with E-state index < -0.39 is 67.1 Å². The van der Waals surface area contributed by atoms with E-state index in [0.717, 1.165) is 22.5 Å². The van der Waals surface area contributed by atoms with E-state index in [4.69, 9.17) is 23.2 Å². The predicted molar refractivity (Wildman–Crippen MR) is 133 cm³/mol. The van der Waals surface area contributed by atoms with Gasteiger partial charge in [-0.2, -0.15) is 30.6 Å². The van der Waals surface area contributed by atoms with Crippen LogP contribution in [-0.2, 0) is 46.6 Å². The SMILES string of the molecule is O=C(Cc1cccc(C(F)(F)F)c1F)Nc1c(Cl)ccc2c1CCN(S(=O)(=O)c1cc(C(F)(F)F)ccc1Cl)C2. The highest BCUT2D eigenvalue weighted by Crippen LogP contribution is 2.38. The van der Waals surface area contributed by atoms with Gasteiger partial charge in [-0.05, 0) is 53.4 Å². The molecule has 0 aromatic heterocycles. The van der Waals surface area contributed by atoms with Crippen molar-refractivity contribution in [2.24, 2.45) is 0 Å². The lowest BCUT2D eigenvalue weighted by Crippen LogP contribution is -2.36. The molecule has 1 aliphatic rings. The second kappa shape index (κ2) is 10.8. The van der Waals surface area contributed by atoms with Gasteiger partial charge in [0, 0.05) is 13.1 Å². The van der Waals surface area contributed by atoms with E-state index in [0.29, 0.717) is 29.3 Å². The highest BCUT2D eigenvalue weighted by atomic mass is 35.5. The van der Waals surface area contributed by atoms with Crippen LogP contribution in [0.5, 0.6) is 0 Å². The lowest BCUT2D eigenvalue weighted by molar-refractivity contribution is -0.140. The zero-order chi connectivity index (χ0) is 29.6. The van der Waals surface area contributed by atoms with Crippen molar-refractivity contribution in [3.05, 3.63) is 92.2 Å². The molecule has 5 nitrogen and oxygen atoms in total. The van der Waals surface area contributed by atoms with Crippen LogP contribution in [-0.4, -0.2) is 25.2 Å². The van der Waals surface area contributed by atoms with E-state index in [2.05, 4.69) is 5.32 Å². The van der Waals surface area contributed by atoms with Gasteiger partial charge in [0.05, 0.1) is 33.3 Å². The number of halogens is 9. The molecule has 214 valence electrons. The number of sulfonamides is 1. The number of fused-ring (bicyclic) bond motifs is 1. The molecule has 1 aliphatic heterocycles. The van der Waals surface area contributed by atoms with Gasteiger partial charge >= 0.3 is 12.4 Å². The summed E-state index contributed by atoms with van der Waals surface area (Å²) >= 11 is 12.2. The molecule has 3 aromatic rings. The van der Waals surface area contributed by atoms with E-state index >= 15 is 0 Å². The Morgan fingerprint density at radius 2 is 1.62 bits per heavy atom. The molecule has 0 unspecified atom stereocenters. The fourth-order valence-corrected chi connectivity index (χ4v) is 6.39. The van der Waals surface area contributed by atoms with Crippen LogP contribution >= 0.6 is 23.2 Å². The van der Waals surface area contributed by atoms with Gasteiger partial charge in [0.25, 0.3) is 0 Å². The molecule has 3 aromatic carbocycles. The number of hydrogen-bond donors (Lipinski definition) is 1. The number of carbonyl (C=O) groups excluding carboxylic acids is 1. The fraction of sp³-hybridized carbons (Fsp3) is 0.240. The van der Waals surface area contributed by atoms with Crippen LogP contribution in [0.2, 0.25) is 10.0 Å². The Hall–Kier alpha value is -2.87. The molecule has 0 radical (unpaired) electrons. The third-order valence-electron chi connectivity index (χ3n) is 6.19. The Morgan fingerprint density at radius 3 is 2.27 bits per heavy atom. The monoisotopic (exact) mass is 628 g/mol. The topological polar surface area (TPSA) is 66.5 Å². The van der Waals surface area contributed by atoms with E-state index in [1.165, 1.54) is 12.1 Å². The summed E-state index contributed by atoms with van der Waals surface area (Å²) in [7, 11) is -4.48. The molecular weight excluding hydrogens is 612 g/mol. The minimum Gasteiger partial charge on any atom is -0.324 e. The van der Waals surface area contributed by atoms with Crippen LogP contribution in [0, 0.1) is 5.82 Å². The highest BCUT2D eigenvalue weighted by Gasteiger charge is 2.37. The average molecular weight is 629 g/mol. The fourth-order valence-electron chi connectivity index (χ4n) is 4.25. The molecule has 0 spiro atoms. The first-order chi connectivity index (χ1) is 18.5. The van der Waals surface area contributed by atoms with Crippen molar-refractivity contribution in [1.29, 1.82) is 0 Å². The van der Waals surface area contributed by atoms with Gasteiger partial charge in [-0.3, -0.25) is 4.79 Å². The van der Waals surface area contributed by atoms with Crippen LogP contribution in [0.25, 0.3) is 0 Å². The summed E-state index contributed by atoms with van der Waals surface area (Å²) in [5, 5.41) is 2.10. The summed E-state index contributed by atoms with van der Waals surface area (Å²) in [4.78, 5) is 11.9. The van der Waals surface area contributed by atoms with Crippen molar-refractivity contribution in [2.75, 3.05) is 11.9 Å². The number of nitrogens with zero attached hydrogens (tertiary/aromatic N) is 1. The van der Waals surface area contributed by atoms with Gasteiger partial charge < -0.3 is 5.32 Å². The van der Waals surface area contributed by atoms with E-state index in [9.17, 15) is 43.9 Å². The number of amides is 1. The van der Waals surface area contributed by atoms with Crippen molar-refractivity contribution in [1.82, 2.24) is 4.31 Å². The van der Waals surface area contributed by atoms with Crippen LogP contribution in [0.1, 0.15) is 27.8 Å². The summed E-state index contributed by atoms with van der Waals surface area (Å²) in [6.07, 6.45) is -10.5. The molecule has 0 atom stereocenters. The van der Waals surface area contributed by atoms with E-state index in [-0.39, 0.29) is 30.2 Å². The minimum atomic E-state index is -4.96. The summed E-state index contributed by atoms with van der Waals surface area (Å²) in [6, 6.07) is 7.32. The van der Waals surface area contributed by atoms with Crippen molar-refractivity contribution >= 4 is 44.8 Å². The molecule has 1 heterocycles. The zero-order valence-electron chi connectivity index (χ0n) is 19.9. The normalized spacial score (nSPS) is 14.6. The Kier molecular flexibility index (Phi) is 8.16. The maximum atomic E-state index is 14.4. The molecule has 15 heteroatoms. The minimum absolute atomic E-state index is 0.0285. The lowest BCUT2D eigenvalue weighted by Gasteiger charge is -2.30. The van der Waals surface area contributed by atoms with Crippen molar-refractivity contribution in [3.63, 3.8) is 0 Å². The number of anilines is 1. The standard InChI is InChI=1S/C25H17Cl2F7N2O3S/c26-18-7-5-15(24(29,30)31)11-20(18)40(38,39)36-9-8-16-14(12-36)4-6-19(27)23(16)35-21(37)10-13-2-1-3-17(22(13)28)25(32,33)34/h1-7,11H,8-10,12H2,(H,35,37). The number of alkyl halides is 6. The summed E-state index contributed by atoms with van der Waals surface area (Å²) in [6.45, 7) is -0.514. The lowest BCUT2D eigenvalue weighted by atomic mass is 9.98. The molecule has 0 saturated heterocycles. The third kappa shape index (κ3) is 6.07. The molecular formula is C25H17Cl2F7N2O3S. The largest absolute Gasteiger partial charge is 0.419 e. The molecule has 1 amide bonds. The Morgan fingerprint density at radius 1 is 0.950 bits per heavy atom. The van der Waals surface area contributed by atoms with Crippen LogP contribution in [0.3, 0.4) is 0 Å². The molecule has 0 fully saturated rings. The average Bonchev–Trinajstić information content (AvgIpc) is 2.85. The quantitative estimate of drug-likeness (QED) is 0.307. The predicted octanol–water partition coefficient (Wildman–Crippen LogP) is 7.10. The van der Waals surface area contributed by atoms with Crippen LogP contribution in [0.15, 0.2) is 53.4 Å².